The van der Waals surface area contributed by atoms with Crippen LogP contribution < -0.4 is 10.2 Å². The maximum atomic E-state index is 13.1. The zero-order valence-electron chi connectivity index (χ0n) is 15.0. The highest BCUT2D eigenvalue weighted by Crippen LogP contribution is 2.20. The van der Waals surface area contributed by atoms with Gasteiger partial charge in [-0.2, -0.15) is 0 Å². The van der Waals surface area contributed by atoms with Crippen molar-refractivity contribution in [2.75, 3.05) is 23.4 Å². The molecule has 0 aliphatic carbocycles. The highest BCUT2D eigenvalue weighted by molar-refractivity contribution is 5.84. The van der Waals surface area contributed by atoms with Gasteiger partial charge in [0, 0.05) is 17.9 Å². The fourth-order valence-electron chi connectivity index (χ4n) is 2.31. The number of anilines is 2. The molecule has 0 radical (unpaired) electrons. The van der Waals surface area contributed by atoms with Crippen molar-refractivity contribution in [3.05, 3.63) is 59.9 Å². The third-order valence-electron chi connectivity index (χ3n) is 3.60. The van der Waals surface area contributed by atoms with Gasteiger partial charge in [-0.1, -0.05) is 31.9 Å². The minimum Gasteiger partial charge on any atom is -0.449 e. The van der Waals surface area contributed by atoms with Crippen molar-refractivity contribution in [1.29, 1.82) is 0 Å². The lowest BCUT2D eigenvalue weighted by Gasteiger charge is -2.23. The summed E-state index contributed by atoms with van der Waals surface area (Å²) in [6.07, 6.45) is 5.00. The van der Waals surface area contributed by atoms with E-state index in [1.165, 1.54) is 12.1 Å². The van der Waals surface area contributed by atoms with E-state index < -0.39 is 6.09 Å². The standard InChI is InChI=1S/C21H23FN2O2/c1-4-13-24(14-17-5-7-18(22)8-6-17)20-11-9-19(10-12-20)23-21(25)26-15-16(2)3/h1,5-12,16H,13-15H2,2-3H3,(H,23,25). The van der Waals surface area contributed by atoms with E-state index in [0.29, 0.717) is 25.4 Å². The normalized spacial score (nSPS) is 10.3. The molecular weight excluding hydrogens is 331 g/mol. The summed E-state index contributed by atoms with van der Waals surface area (Å²) in [5, 5.41) is 2.69. The van der Waals surface area contributed by atoms with Gasteiger partial charge in [0.15, 0.2) is 0 Å². The van der Waals surface area contributed by atoms with Gasteiger partial charge in [0.05, 0.1) is 13.2 Å². The molecule has 0 spiro atoms. The summed E-state index contributed by atoms with van der Waals surface area (Å²) in [5.74, 6) is 2.65. The first kappa shape index (κ1) is 19.3. The fraction of sp³-hybridized carbons (Fsp3) is 0.286. The minimum absolute atomic E-state index is 0.267. The van der Waals surface area contributed by atoms with Gasteiger partial charge >= 0.3 is 6.09 Å². The molecule has 2 aromatic carbocycles. The molecule has 5 heteroatoms. The Hall–Kier alpha value is -3.00. The Morgan fingerprint density at radius 1 is 1.19 bits per heavy atom. The Bertz CT molecular complexity index is 749. The van der Waals surface area contributed by atoms with E-state index in [-0.39, 0.29) is 11.7 Å². The van der Waals surface area contributed by atoms with Crippen LogP contribution in [0.25, 0.3) is 0 Å². The first-order chi connectivity index (χ1) is 12.5. The number of nitrogens with zero attached hydrogens (tertiary/aromatic N) is 1. The number of benzene rings is 2. The number of amides is 1. The topological polar surface area (TPSA) is 41.6 Å². The molecule has 0 aliphatic heterocycles. The molecule has 26 heavy (non-hydrogen) atoms. The SMILES string of the molecule is C#CCN(Cc1ccc(F)cc1)c1ccc(NC(=O)OCC(C)C)cc1. The molecule has 0 bridgehead atoms. The van der Waals surface area contributed by atoms with E-state index in [0.717, 1.165) is 11.3 Å². The number of hydrogen-bond acceptors (Lipinski definition) is 3. The van der Waals surface area contributed by atoms with Crippen molar-refractivity contribution >= 4 is 17.5 Å². The van der Waals surface area contributed by atoms with Crippen LogP contribution in [0.5, 0.6) is 0 Å². The van der Waals surface area contributed by atoms with Gasteiger partial charge in [-0.15, -0.1) is 6.42 Å². The molecule has 136 valence electrons. The zero-order valence-corrected chi connectivity index (χ0v) is 15.0. The molecule has 2 aromatic rings. The van der Waals surface area contributed by atoms with Crippen LogP contribution in [-0.4, -0.2) is 19.2 Å². The van der Waals surface area contributed by atoms with Crippen molar-refractivity contribution in [3.63, 3.8) is 0 Å². The Morgan fingerprint density at radius 3 is 2.42 bits per heavy atom. The average molecular weight is 354 g/mol. The Kier molecular flexibility index (Phi) is 7.04. The number of halogens is 1. The first-order valence-corrected chi connectivity index (χ1v) is 8.44. The molecule has 4 nitrogen and oxygen atoms in total. The van der Waals surface area contributed by atoms with Crippen LogP contribution >= 0.6 is 0 Å². The van der Waals surface area contributed by atoms with Gasteiger partial charge < -0.3 is 9.64 Å². The van der Waals surface area contributed by atoms with Crippen molar-refractivity contribution in [2.45, 2.75) is 20.4 Å². The molecule has 0 unspecified atom stereocenters. The highest BCUT2D eigenvalue weighted by Gasteiger charge is 2.08. The average Bonchev–Trinajstić information content (AvgIpc) is 2.62. The van der Waals surface area contributed by atoms with Crippen LogP contribution in [0.2, 0.25) is 0 Å². The molecule has 1 N–H and O–H groups in total. The molecule has 0 saturated heterocycles. The molecule has 2 rings (SSSR count). The Balaban J connectivity index is 2.02. The summed E-state index contributed by atoms with van der Waals surface area (Å²) in [6, 6.07) is 13.7. The molecule has 0 aliphatic rings. The van der Waals surface area contributed by atoms with Crippen LogP contribution in [0.15, 0.2) is 48.5 Å². The molecular formula is C21H23FN2O2. The van der Waals surface area contributed by atoms with Crippen LogP contribution in [0.4, 0.5) is 20.6 Å². The van der Waals surface area contributed by atoms with Crippen molar-refractivity contribution in [3.8, 4) is 12.3 Å². The number of rotatable bonds is 7. The van der Waals surface area contributed by atoms with Gasteiger partial charge in [-0.25, -0.2) is 9.18 Å². The smallest absolute Gasteiger partial charge is 0.411 e. The van der Waals surface area contributed by atoms with Crippen LogP contribution in [-0.2, 0) is 11.3 Å². The summed E-state index contributed by atoms with van der Waals surface area (Å²) in [6.45, 7) is 5.30. The van der Waals surface area contributed by atoms with Gasteiger partial charge in [0.25, 0.3) is 0 Å². The third kappa shape index (κ3) is 6.14. The maximum Gasteiger partial charge on any atom is 0.411 e. The van der Waals surface area contributed by atoms with Crippen molar-refractivity contribution < 1.29 is 13.9 Å². The predicted octanol–water partition coefficient (Wildman–Crippen LogP) is 4.67. The second-order valence-corrected chi connectivity index (χ2v) is 6.35. The maximum absolute atomic E-state index is 13.1. The second-order valence-electron chi connectivity index (χ2n) is 6.35. The molecule has 1 amide bonds. The van der Waals surface area contributed by atoms with Gasteiger partial charge in [-0.3, -0.25) is 5.32 Å². The molecule has 0 heterocycles. The first-order valence-electron chi connectivity index (χ1n) is 8.44. The summed E-state index contributed by atoms with van der Waals surface area (Å²) in [4.78, 5) is 13.7. The highest BCUT2D eigenvalue weighted by atomic mass is 19.1. The van der Waals surface area contributed by atoms with Crippen LogP contribution in [0.3, 0.4) is 0 Å². The van der Waals surface area contributed by atoms with E-state index >= 15 is 0 Å². The van der Waals surface area contributed by atoms with Crippen LogP contribution in [0.1, 0.15) is 19.4 Å². The quantitative estimate of drug-likeness (QED) is 0.735. The number of terminal acetylenes is 1. The molecule has 0 fully saturated rings. The Morgan fingerprint density at radius 2 is 1.85 bits per heavy atom. The van der Waals surface area contributed by atoms with Gasteiger partial charge in [0.2, 0.25) is 0 Å². The molecule has 0 atom stereocenters. The summed E-state index contributed by atoms with van der Waals surface area (Å²) in [5.41, 5.74) is 2.51. The molecule has 0 aromatic heterocycles. The summed E-state index contributed by atoms with van der Waals surface area (Å²) < 4.78 is 18.1. The lowest BCUT2D eigenvalue weighted by atomic mass is 10.2. The number of carbonyl (C=O) groups excluding carboxylic acids is 1. The summed E-state index contributed by atoms with van der Waals surface area (Å²) in [7, 11) is 0. The number of ether oxygens (including phenoxy) is 1. The van der Waals surface area contributed by atoms with Crippen molar-refractivity contribution in [2.24, 2.45) is 5.92 Å². The second kappa shape index (κ2) is 9.47. The minimum atomic E-state index is -0.474. The monoisotopic (exact) mass is 354 g/mol. The number of hydrogen-bond donors (Lipinski definition) is 1. The fourth-order valence-corrected chi connectivity index (χ4v) is 2.31. The van der Waals surface area contributed by atoms with Gasteiger partial charge in [0.1, 0.15) is 5.82 Å². The van der Waals surface area contributed by atoms with E-state index in [1.807, 2.05) is 30.9 Å². The Labute approximate surface area is 154 Å². The van der Waals surface area contributed by atoms with E-state index in [1.54, 1.807) is 24.3 Å². The third-order valence-corrected chi connectivity index (χ3v) is 3.60. The lowest BCUT2D eigenvalue weighted by Crippen LogP contribution is -2.23. The van der Waals surface area contributed by atoms with Crippen molar-refractivity contribution in [1.82, 2.24) is 0 Å². The summed E-state index contributed by atoms with van der Waals surface area (Å²) >= 11 is 0. The van der Waals surface area contributed by atoms with E-state index in [9.17, 15) is 9.18 Å². The predicted molar refractivity (Wildman–Crippen MR) is 103 cm³/mol. The van der Waals surface area contributed by atoms with Gasteiger partial charge in [-0.05, 0) is 47.9 Å². The van der Waals surface area contributed by atoms with Crippen LogP contribution in [0, 0.1) is 24.1 Å². The number of nitrogens with one attached hydrogen (secondary N) is 1. The largest absolute Gasteiger partial charge is 0.449 e. The lowest BCUT2D eigenvalue weighted by molar-refractivity contribution is 0.147. The zero-order chi connectivity index (χ0) is 18.9. The number of carbonyl (C=O) groups is 1. The molecule has 0 saturated carbocycles. The van der Waals surface area contributed by atoms with E-state index in [4.69, 9.17) is 11.2 Å². The van der Waals surface area contributed by atoms with E-state index in [2.05, 4.69) is 11.2 Å².